The molecule has 0 aliphatic heterocycles. The summed E-state index contributed by atoms with van der Waals surface area (Å²) in [7, 11) is 0. The molecule has 0 aliphatic rings. The minimum Gasteiger partial charge on any atom is -0.489 e. The van der Waals surface area contributed by atoms with Crippen LogP contribution in [0, 0.1) is 6.92 Å². The SMILES string of the molecule is Cc1cc(OCc2ccccc2)ccc1[C@H](N)CO. The third-order valence-electron chi connectivity index (χ3n) is 3.09. The normalized spacial score (nSPS) is 12.2. The monoisotopic (exact) mass is 257 g/mol. The average molecular weight is 257 g/mol. The largest absolute Gasteiger partial charge is 0.489 e. The Morgan fingerprint density at radius 2 is 1.89 bits per heavy atom. The molecule has 2 aromatic rings. The van der Waals surface area contributed by atoms with Gasteiger partial charge in [-0.25, -0.2) is 0 Å². The van der Waals surface area contributed by atoms with E-state index in [1.54, 1.807) is 0 Å². The average Bonchev–Trinajstić information content (AvgIpc) is 2.45. The Labute approximate surface area is 113 Å². The highest BCUT2D eigenvalue weighted by molar-refractivity contribution is 5.36. The first-order valence-electron chi connectivity index (χ1n) is 6.34. The quantitative estimate of drug-likeness (QED) is 0.865. The fourth-order valence-corrected chi connectivity index (χ4v) is 1.99. The van der Waals surface area contributed by atoms with Crippen LogP contribution in [0.2, 0.25) is 0 Å². The molecule has 0 heterocycles. The summed E-state index contributed by atoms with van der Waals surface area (Å²) in [5, 5.41) is 9.08. The predicted molar refractivity (Wildman–Crippen MR) is 76.0 cm³/mol. The molecule has 3 nitrogen and oxygen atoms in total. The number of nitrogens with two attached hydrogens (primary N) is 1. The van der Waals surface area contributed by atoms with Gasteiger partial charge < -0.3 is 15.6 Å². The second-order valence-corrected chi connectivity index (χ2v) is 4.58. The van der Waals surface area contributed by atoms with Gasteiger partial charge in [0, 0.05) is 0 Å². The third kappa shape index (κ3) is 3.56. The van der Waals surface area contributed by atoms with Crippen molar-refractivity contribution < 1.29 is 9.84 Å². The number of hydrogen-bond donors (Lipinski definition) is 2. The minimum absolute atomic E-state index is 0.0505. The zero-order chi connectivity index (χ0) is 13.7. The van der Waals surface area contributed by atoms with E-state index in [-0.39, 0.29) is 12.6 Å². The molecule has 0 saturated heterocycles. The maximum atomic E-state index is 9.08. The molecule has 0 aromatic heterocycles. The molecule has 0 radical (unpaired) electrons. The van der Waals surface area contributed by atoms with E-state index in [1.807, 2.05) is 55.5 Å². The number of benzene rings is 2. The Balaban J connectivity index is 2.04. The number of hydrogen-bond acceptors (Lipinski definition) is 3. The molecule has 0 fully saturated rings. The smallest absolute Gasteiger partial charge is 0.120 e. The van der Waals surface area contributed by atoms with Crippen molar-refractivity contribution in [3.05, 3.63) is 65.2 Å². The van der Waals surface area contributed by atoms with Gasteiger partial charge >= 0.3 is 0 Å². The molecule has 0 bridgehead atoms. The molecule has 1 atom stereocenters. The molecule has 0 spiro atoms. The van der Waals surface area contributed by atoms with E-state index >= 15 is 0 Å². The van der Waals surface area contributed by atoms with Gasteiger partial charge in [-0.1, -0.05) is 36.4 Å². The van der Waals surface area contributed by atoms with E-state index in [0.29, 0.717) is 6.61 Å². The molecule has 0 aliphatic carbocycles. The predicted octanol–water partition coefficient (Wildman–Crippen LogP) is 2.57. The number of rotatable bonds is 5. The van der Waals surface area contributed by atoms with Gasteiger partial charge in [-0.3, -0.25) is 0 Å². The van der Waals surface area contributed by atoms with Crippen molar-refractivity contribution >= 4 is 0 Å². The van der Waals surface area contributed by atoms with Gasteiger partial charge in [0.05, 0.1) is 12.6 Å². The van der Waals surface area contributed by atoms with E-state index in [4.69, 9.17) is 15.6 Å². The van der Waals surface area contributed by atoms with Crippen LogP contribution < -0.4 is 10.5 Å². The van der Waals surface area contributed by atoms with Crippen molar-refractivity contribution in [1.82, 2.24) is 0 Å². The Kier molecular flexibility index (Phi) is 4.55. The second-order valence-electron chi connectivity index (χ2n) is 4.58. The van der Waals surface area contributed by atoms with E-state index in [2.05, 4.69) is 0 Å². The van der Waals surface area contributed by atoms with Crippen LogP contribution >= 0.6 is 0 Å². The molecule has 3 heteroatoms. The van der Waals surface area contributed by atoms with E-state index in [9.17, 15) is 0 Å². The van der Waals surface area contributed by atoms with Gasteiger partial charge in [-0.2, -0.15) is 0 Å². The van der Waals surface area contributed by atoms with Gasteiger partial charge in [-0.15, -0.1) is 0 Å². The summed E-state index contributed by atoms with van der Waals surface area (Å²) < 4.78 is 5.74. The first-order chi connectivity index (χ1) is 9.20. The van der Waals surface area contributed by atoms with Crippen molar-refractivity contribution in [2.45, 2.75) is 19.6 Å². The van der Waals surface area contributed by atoms with Crippen LogP contribution in [0.4, 0.5) is 0 Å². The lowest BCUT2D eigenvalue weighted by atomic mass is 10.0. The van der Waals surface area contributed by atoms with Crippen LogP contribution in [0.3, 0.4) is 0 Å². The maximum absolute atomic E-state index is 9.08. The Morgan fingerprint density at radius 1 is 1.16 bits per heavy atom. The molecule has 100 valence electrons. The van der Waals surface area contributed by atoms with Crippen molar-refractivity contribution in [1.29, 1.82) is 0 Å². The van der Waals surface area contributed by atoms with E-state index < -0.39 is 0 Å². The fraction of sp³-hybridized carbons (Fsp3) is 0.250. The van der Waals surface area contributed by atoms with Crippen LogP contribution in [0.1, 0.15) is 22.7 Å². The van der Waals surface area contributed by atoms with Crippen molar-refractivity contribution in [2.75, 3.05) is 6.61 Å². The summed E-state index contributed by atoms with van der Waals surface area (Å²) in [5.74, 6) is 0.815. The standard InChI is InChI=1S/C16H19NO2/c1-12-9-14(7-8-15(12)16(17)10-18)19-11-13-5-3-2-4-6-13/h2-9,16,18H,10-11,17H2,1H3/t16-/m1/s1. The first kappa shape index (κ1) is 13.6. The Bertz CT molecular complexity index is 526. The summed E-state index contributed by atoms with van der Waals surface area (Å²) in [6, 6.07) is 15.5. The Morgan fingerprint density at radius 3 is 2.53 bits per heavy atom. The lowest BCUT2D eigenvalue weighted by Gasteiger charge is -2.14. The molecular formula is C16H19NO2. The number of aryl methyl sites for hydroxylation is 1. The highest BCUT2D eigenvalue weighted by Gasteiger charge is 2.08. The lowest BCUT2D eigenvalue weighted by molar-refractivity contribution is 0.267. The van der Waals surface area contributed by atoms with Crippen LogP contribution in [0.5, 0.6) is 5.75 Å². The van der Waals surface area contributed by atoms with Gasteiger partial charge in [0.1, 0.15) is 12.4 Å². The molecule has 2 aromatic carbocycles. The summed E-state index contributed by atoms with van der Waals surface area (Å²) >= 11 is 0. The first-order valence-corrected chi connectivity index (χ1v) is 6.34. The lowest BCUT2D eigenvalue weighted by Crippen LogP contribution is -2.15. The zero-order valence-corrected chi connectivity index (χ0v) is 11.0. The highest BCUT2D eigenvalue weighted by Crippen LogP contribution is 2.22. The fourth-order valence-electron chi connectivity index (χ4n) is 1.99. The van der Waals surface area contributed by atoms with Gasteiger partial charge in [0.15, 0.2) is 0 Å². The summed E-state index contributed by atoms with van der Waals surface area (Å²) in [4.78, 5) is 0. The number of aliphatic hydroxyl groups is 1. The Hall–Kier alpha value is -1.84. The second kappa shape index (κ2) is 6.36. The van der Waals surface area contributed by atoms with Crippen LogP contribution in [0.15, 0.2) is 48.5 Å². The zero-order valence-electron chi connectivity index (χ0n) is 11.0. The van der Waals surface area contributed by atoms with Crippen LogP contribution in [0.25, 0.3) is 0 Å². The number of aliphatic hydroxyl groups excluding tert-OH is 1. The summed E-state index contributed by atoms with van der Waals surface area (Å²) in [5.41, 5.74) is 8.94. The van der Waals surface area contributed by atoms with E-state index in [0.717, 1.165) is 22.4 Å². The molecule has 0 saturated carbocycles. The molecule has 19 heavy (non-hydrogen) atoms. The topological polar surface area (TPSA) is 55.5 Å². The van der Waals surface area contributed by atoms with Gasteiger partial charge in [0.2, 0.25) is 0 Å². The van der Waals surface area contributed by atoms with Crippen LogP contribution in [-0.2, 0) is 6.61 Å². The molecule has 0 unspecified atom stereocenters. The molecule has 3 N–H and O–H groups in total. The van der Waals surface area contributed by atoms with Gasteiger partial charge in [-0.05, 0) is 35.7 Å². The third-order valence-corrected chi connectivity index (χ3v) is 3.09. The van der Waals surface area contributed by atoms with Gasteiger partial charge in [0.25, 0.3) is 0 Å². The summed E-state index contributed by atoms with van der Waals surface area (Å²) in [6.45, 7) is 2.47. The van der Waals surface area contributed by atoms with Crippen molar-refractivity contribution in [3.8, 4) is 5.75 Å². The van der Waals surface area contributed by atoms with Crippen molar-refractivity contribution in [3.63, 3.8) is 0 Å². The molecule has 0 amide bonds. The minimum atomic E-state index is -0.330. The maximum Gasteiger partial charge on any atom is 0.120 e. The summed E-state index contributed by atoms with van der Waals surface area (Å²) in [6.07, 6.45) is 0. The highest BCUT2D eigenvalue weighted by atomic mass is 16.5. The van der Waals surface area contributed by atoms with Crippen LogP contribution in [-0.4, -0.2) is 11.7 Å². The van der Waals surface area contributed by atoms with Crippen molar-refractivity contribution in [2.24, 2.45) is 5.73 Å². The number of ether oxygens (including phenoxy) is 1. The van der Waals surface area contributed by atoms with E-state index in [1.165, 1.54) is 0 Å². The molecule has 2 rings (SSSR count). The molecular weight excluding hydrogens is 238 g/mol.